The van der Waals surface area contributed by atoms with Crippen LogP contribution < -0.4 is 0 Å². The van der Waals surface area contributed by atoms with Gasteiger partial charge in [-0.25, -0.2) is 4.98 Å². The maximum absolute atomic E-state index is 4.45. The summed E-state index contributed by atoms with van der Waals surface area (Å²) in [7, 11) is 0. The summed E-state index contributed by atoms with van der Waals surface area (Å²) < 4.78 is 2.25. The smallest absolute Gasteiger partial charge is 0.139 e. The molecule has 0 amide bonds. The third kappa shape index (κ3) is 3.64. The van der Waals surface area contributed by atoms with Gasteiger partial charge in [0, 0.05) is 24.5 Å². The van der Waals surface area contributed by atoms with Gasteiger partial charge in [-0.15, -0.1) is 0 Å². The van der Waals surface area contributed by atoms with Crippen LogP contribution in [0.1, 0.15) is 25.7 Å². The Labute approximate surface area is 114 Å². The number of hydrogen-bond donors (Lipinski definition) is 1. The summed E-state index contributed by atoms with van der Waals surface area (Å²) in [6, 6.07) is 10.4. The Kier molecular flexibility index (Phi) is 5.34. The van der Waals surface area contributed by atoms with E-state index in [0.717, 1.165) is 18.1 Å². The predicted molar refractivity (Wildman–Crippen MR) is 80.0 cm³/mol. The summed E-state index contributed by atoms with van der Waals surface area (Å²) >= 11 is 4.23. The first-order valence-electron chi connectivity index (χ1n) is 6.59. The SMILES string of the molecule is SCCCCCCn1ccnc1-c1ccccc1. The predicted octanol–water partition coefficient (Wildman–Crippen LogP) is 4.04. The van der Waals surface area contributed by atoms with Gasteiger partial charge in [-0.2, -0.15) is 12.6 Å². The number of rotatable bonds is 7. The van der Waals surface area contributed by atoms with Gasteiger partial charge in [-0.05, 0) is 18.6 Å². The lowest BCUT2D eigenvalue weighted by atomic mass is 10.2. The third-order valence-electron chi connectivity index (χ3n) is 3.05. The molecule has 0 saturated carbocycles. The highest BCUT2D eigenvalue weighted by atomic mass is 32.1. The molecule has 0 bridgehead atoms. The molecule has 0 aliphatic rings. The lowest BCUT2D eigenvalue weighted by molar-refractivity contribution is 0.587. The Morgan fingerprint density at radius 3 is 2.56 bits per heavy atom. The minimum atomic E-state index is 1.00. The number of unbranched alkanes of at least 4 members (excludes halogenated alkanes) is 3. The van der Waals surface area contributed by atoms with Crippen LogP contribution in [-0.4, -0.2) is 15.3 Å². The van der Waals surface area contributed by atoms with Crippen LogP contribution in [-0.2, 0) is 6.54 Å². The summed E-state index contributed by atoms with van der Waals surface area (Å²) in [5.41, 5.74) is 1.19. The third-order valence-corrected chi connectivity index (χ3v) is 3.37. The van der Waals surface area contributed by atoms with Crippen molar-refractivity contribution in [2.75, 3.05) is 5.75 Å². The fraction of sp³-hybridized carbons (Fsp3) is 0.400. The van der Waals surface area contributed by atoms with E-state index in [9.17, 15) is 0 Å². The quantitative estimate of drug-likeness (QED) is 0.587. The first-order valence-corrected chi connectivity index (χ1v) is 7.22. The number of nitrogens with zero attached hydrogens (tertiary/aromatic N) is 2. The number of hydrogen-bond acceptors (Lipinski definition) is 2. The van der Waals surface area contributed by atoms with Gasteiger partial charge in [0.2, 0.25) is 0 Å². The number of aromatic nitrogens is 2. The van der Waals surface area contributed by atoms with Gasteiger partial charge >= 0.3 is 0 Å². The molecule has 2 nitrogen and oxygen atoms in total. The van der Waals surface area contributed by atoms with Crippen molar-refractivity contribution in [2.45, 2.75) is 32.2 Å². The summed E-state index contributed by atoms with van der Waals surface area (Å²) in [6.45, 7) is 1.05. The zero-order chi connectivity index (χ0) is 12.6. The molecule has 0 aliphatic heterocycles. The van der Waals surface area contributed by atoms with E-state index in [0.29, 0.717) is 0 Å². The van der Waals surface area contributed by atoms with Gasteiger partial charge in [0.15, 0.2) is 0 Å². The molecule has 0 fully saturated rings. The van der Waals surface area contributed by atoms with E-state index in [-0.39, 0.29) is 0 Å². The van der Waals surface area contributed by atoms with Crippen LogP contribution in [0.5, 0.6) is 0 Å². The standard InChI is InChI=1S/C15H20N2S/c18-13-7-2-1-6-11-17-12-10-16-15(17)14-8-4-3-5-9-14/h3-5,8-10,12,18H,1-2,6-7,11,13H2. The summed E-state index contributed by atoms with van der Waals surface area (Å²) in [5, 5.41) is 0. The summed E-state index contributed by atoms with van der Waals surface area (Å²) in [6.07, 6.45) is 8.94. The van der Waals surface area contributed by atoms with Crippen molar-refractivity contribution >= 4 is 12.6 Å². The molecule has 0 radical (unpaired) electrons. The molecule has 1 heterocycles. The highest BCUT2D eigenvalue weighted by molar-refractivity contribution is 7.80. The molecule has 2 aromatic rings. The Hall–Kier alpha value is -1.22. The summed E-state index contributed by atoms with van der Waals surface area (Å²) in [5.74, 6) is 2.07. The van der Waals surface area contributed by atoms with Gasteiger partial charge in [0.25, 0.3) is 0 Å². The van der Waals surface area contributed by atoms with Crippen LogP contribution in [0.2, 0.25) is 0 Å². The monoisotopic (exact) mass is 260 g/mol. The molecule has 3 heteroatoms. The van der Waals surface area contributed by atoms with Crippen LogP contribution in [0, 0.1) is 0 Å². The molecule has 1 aromatic carbocycles. The van der Waals surface area contributed by atoms with Crippen LogP contribution in [0.3, 0.4) is 0 Å². The molecule has 0 N–H and O–H groups in total. The second-order valence-corrected chi connectivity index (χ2v) is 4.90. The normalized spacial score (nSPS) is 10.7. The molecule has 96 valence electrons. The van der Waals surface area contributed by atoms with Crippen molar-refractivity contribution < 1.29 is 0 Å². The van der Waals surface area contributed by atoms with E-state index in [2.05, 4.69) is 52.6 Å². The molecule has 2 rings (SSSR count). The topological polar surface area (TPSA) is 17.8 Å². The molecule has 0 aliphatic carbocycles. The maximum atomic E-state index is 4.45. The van der Waals surface area contributed by atoms with Crippen molar-refractivity contribution in [1.82, 2.24) is 9.55 Å². The Morgan fingerprint density at radius 1 is 1.00 bits per heavy atom. The van der Waals surface area contributed by atoms with E-state index in [1.807, 2.05) is 12.3 Å². The van der Waals surface area contributed by atoms with Gasteiger partial charge in [0.1, 0.15) is 5.82 Å². The fourth-order valence-electron chi connectivity index (χ4n) is 2.08. The Morgan fingerprint density at radius 2 is 1.78 bits per heavy atom. The summed E-state index contributed by atoms with van der Waals surface area (Å²) in [4.78, 5) is 4.45. The zero-order valence-electron chi connectivity index (χ0n) is 10.6. The van der Waals surface area contributed by atoms with Crippen molar-refractivity contribution in [2.24, 2.45) is 0 Å². The van der Waals surface area contributed by atoms with E-state index >= 15 is 0 Å². The van der Waals surface area contributed by atoms with Crippen LogP contribution >= 0.6 is 12.6 Å². The second kappa shape index (κ2) is 7.27. The minimum absolute atomic E-state index is 1.00. The Balaban J connectivity index is 1.92. The molecule has 0 spiro atoms. The molecule has 0 unspecified atom stereocenters. The molecule has 18 heavy (non-hydrogen) atoms. The van der Waals surface area contributed by atoms with Crippen LogP contribution in [0.25, 0.3) is 11.4 Å². The first-order chi connectivity index (χ1) is 8.92. The van der Waals surface area contributed by atoms with Gasteiger partial charge in [-0.1, -0.05) is 43.2 Å². The highest BCUT2D eigenvalue weighted by Crippen LogP contribution is 2.17. The second-order valence-electron chi connectivity index (χ2n) is 4.45. The van der Waals surface area contributed by atoms with Gasteiger partial charge < -0.3 is 4.57 Å². The lowest BCUT2D eigenvalue weighted by Crippen LogP contribution is -1.99. The molecule has 1 aromatic heterocycles. The Bertz CT molecular complexity index is 451. The first kappa shape index (κ1) is 13.2. The van der Waals surface area contributed by atoms with Crippen LogP contribution in [0.4, 0.5) is 0 Å². The number of benzene rings is 1. The van der Waals surface area contributed by atoms with E-state index < -0.39 is 0 Å². The van der Waals surface area contributed by atoms with Crippen LogP contribution in [0.15, 0.2) is 42.7 Å². The van der Waals surface area contributed by atoms with Crippen molar-refractivity contribution in [3.05, 3.63) is 42.7 Å². The van der Waals surface area contributed by atoms with Gasteiger partial charge in [-0.3, -0.25) is 0 Å². The highest BCUT2D eigenvalue weighted by Gasteiger charge is 2.04. The maximum Gasteiger partial charge on any atom is 0.139 e. The molecular formula is C15H20N2S. The van der Waals surface area contributed by atoms with Crippen molar-refractivity contribution in [1.29, 1.82) is 0 Å². The van der Waals surface area contributed by atoms with E-state index in [4.69, 9.17) is 0 Å². The average molecular weight is 260 g/mol. The van der Waals surface area contributed by atoms with Crippen molar-refractivity contribution in [3.8, 4) is 11.4 Å². The number of imidazole rings is 1. The van der Waals surface area contributed by atoms with E-state index in [1.165, 1.54) is 31.2 Å². The number of aryl methyl sites for hydroxylation is 1. The largest absolute Gasteiger partial charge is 0.331 e. The van der Waals surface area contributed by atoms with Gasteiger partial charge in [0.05, 0.1) is 0 Å². The average Bonchev–Trinajstić information content (AvgIpc) is 2.88. The molecule has 0 atom stereocenters. The lowest BCUT2D eigenvalue weighted by Gasteiger charge is -2.07. The zero-order valence-corrected chi connectivity index (χ0v) is 11.5. The fourth-order valence-corrected chi connectivity index (χ4v) is 2.31. The minimum Gasteiger partial charge on any atom is -0.331 e. The number of thiol groups is 1. The van der Waals surface area contributed by atoms with E-state index in [1.54, 1.807) is 0 Å². The van der Waals surface area contributed by atoms with Crippen molar-refractivity contribution in [3.63, 3.8) is 0 Å². The molecular weight excluding hydrogens is 240 g/mol. The molecule has 0 saturated heterocycles.